The lowest BCUT2D eigenvalue weighted by Crippen LogP contribution is -2.52. The van der Waals surface area contributed by atoms with Crippen molar-refractivity contribution in [2.24, 2.45) is 0 Å². The van der Waals surface area contributed by atoms with E-state index in [1.165, 1.54) is 12.2 Å². The topological polar surface area (TPSA) is 94.2 Å². The van der Waals surface area contributed by atoms with Crippen LogP contribution in [-0.4, -0.2) is 35.8 Å². The van der Waals surface area contributed by atoms with E-state index in [1.807, 2.05) is 97.1 Å². The summed E-state index contributed by atoms with van der Waals surface area (Å²) in [5.41, 5.74) is 6.56. The number of nitrogens with zero attached hydrogens (tertiary/aromatic N) is 1. The van der Waals surface area contributed by atoms with E-state index in [9.17, 15) is 14.4 Å². The summed E-state index contributed by atoms with van der Waals surface area (Å²) in [5.74, 6) is -0.597. The molecule has 45 heavy (non-hydrogen) atoms. The second-order valence-electron chi connectivity index (χ2n) is 9.82. The molecule has 0 aliphatic rings. The van der Waals surface area contributed by atoms with Crippen molar-refractivity contribution >= 4 is 41.4 Å². The maximum atomic E-state index is 13.5. The first-order valence-corrected chi connectivity index (χ1v) is 14.9. The van der Waals surface area contributed by atoms with Crippen molar-refractivity contribution in [3.8, 4) is 11.1 Å². The number of rotatable bonds is 11. The van der Waals surface area contributed by atoms with Gasteiger partial charge in [0.05, 0.1) is 12.6 Å². The number of ether oxygens (including phenoxy) is 3. The average Bonchev–Trinajstić information content (AvgIpc) is 3.04. The van der Waals surface area contributed by atoms with E-state index >= 15 is 0 Å². The number of halogens is 2. The van der Waals surface area contributed by atoms with Gasteiger partial charge in [-0.15, -0.1) is 0 Å². The van der Waals surface area contributed by atoms with Gasteiger partial charge < -0.3 is 14.2 Å². The average molecular weight is 648 g/mol. The van der Waals surface area contributed by atoms with Crippen molar-refractivity contribution < 1.29 is 28.6 Å². The summed E-state index contributed by atoms with van der Waals surface area (Å²) in [6.07, 6.45) is 1.17. The van der Waals surface area contributed by atoms with E-state index in [0.717, 1.165) is 32.8 Å². The predicted molar refractivity (Wildman–Crippen MR) is 173 cm³/mol. The highest BCUT2D eigenvalue weighted by atomic mass is 35.5. The summed E-state index contributed by atoms with van der Waals surface area (Å²) in [6.45, 7) is 1.81. The molecule has 0 saturated heterocycles. The summed E-state index contributed by atoms with van der Waals surface area (Å²) in [7, 11) is 0. The van der Waals surface area contributed by atoms with Crippen LogP contribution in [0, 0.1) is 0 Å². The van der Waals surface area contributed by atoms with Crippen LogP contribution in [0.15, 0.2) is 115 Å². The number of esters is 1. The molecule has 0 aliphatic carbocycles. The van der Waals surface area contributed by atoms with E-state index in [4.69, 9.17) is 37.4 Å². The molecule has 0 bridgehead atoms. The molecule has 1 N–H and O–H groups in total. The quantitative estimate of drug-likeness (QED) is 0.0764. The van der Waals surface area contributed by atoms with E-state index in [1.54, 1.807) is 13.0 Å². The number of hydrazine groups is 1. The molecule has 0 spiro atoms. The highest BCUT2D eigenvalue weighted by molar-refractivity contribution is 6.35. The summed E-state index contributed by atoms with van der Waals surface area (Å²) in [4.78, 5) is 38.7. The van der Waals surface area contributed by atoms with E-state index in [-0.39, 0.29) is 26.2 Å². The molecule has 1 atom stereocenters. The van der Waals surface area contributed by atoms with Gasteiger partial charge in [-0.2, -0.15) is 0 Å². The van der Waals surface area contributed by atoms with Crippen LogP contribution in [0.2, 0.25) is 10.0 Å². The van der Waals surface area contributed by atoms with Crippen LogP contribution < -0.4 is 5.43 Å². The van der Waals surface area contributed by atoms with Crippen molar-refractivity contribution in [2.75, 3.05) is 6.61 Å². The molecular weight excluding hydrogens is 615 g/mol. The third-order valence-corrected chi connectivity index (χ3v) is 6.93. The fourth-order valence-electron chi connectivity index (χ4n) is 4.33. The van der Waals surface area contributed by atoms with Crippen LogP contribution in [0.1, 0.15) is 23.6 Å². The van der Waals surface area contributed by atoms with Gasteiger partial charge >= 0.3 is 18.2 Å². The third kappa shape index (κ3) is 10.7. The Morgan fingerprint density at radius 1 is 0.733 bits per heavy atom. The standard InChI is InChI=1S/C35H32Cl2N2O6/c1-2-43-33(40)18-17-32(19-25-13-15-28(16-14-25)29-20-30(36)22-31(37)21-29)39(35(42)45-24-27-11-7-4-8-12-27)38-34(41)44-23-26-9-5-3-6-10-26/h3-18,20-22,32H,2,19,23-24H2,1H3,(H,38,41)/b18-17+/t32-/m0/s1. The lowest BCUT2D eigenvalue weighted by atomic mass is 10.00. The Morgan fingerprint density at radius 3 is 1.89 bits per heavy atom. The number of hydrogen-bond acceptors (Lipinski definition) is 6. The normalized spacial score (nSPS) is 11.4. The van der Waals surface area contributed by atoms with Gasteiger partial charge in [0.15, 0.2) is 0 Å². The molecule has 0 aliphatic heterocycles. The summed E-state index contributed by atoms with van der Waals surface area (Å²) < 4.78 is 16.0. The first kappa shape index (κ1) is 33.1. The van der Waals surface area contributed by atoms with Crippen LogP contribution >= 0.6 is 23.2 Å². The molecule has 4 aromatic carbocycles. The second-order valence-corrected chi connectivity index (χ2v) is 10.7. The Labute approximate surface area is 272 Å². The van der Waals surface area contributed by atoms with Gasteiger partial charge in [-0.25, -0.2) is 24.8 Å². The SMILES string of the molecule is CCOC(=O)/C=C/[C@@H](Cc1ccc(-c2cc(Cl)cc(Cl)c2)cc1)N(NC(=O)OCc1ccccc1)C(=O)OCc1ccccc1. The summed E-state index contributed by atoms with van der Waals surface area (Å²) in [6, 6.07) is 30.2. The van der Waals surface area contributed by atoms with Gasteiger partial charge in [0, 0.05) is 16.1 Å². The number of nitrogens with one attached hydrogen (secondary N) is 1. The van der Waals surface area contributed by atoms with Crippen LogP contribution in [0.5, 0.6) is 0 Å². The Morgan fingerprint density at radius 2 is 1.31 bits per heavy atom. The van der Waals surface area contributed by atoms with Crippen molar-refractivity contribution in [1.82, 2.24) is 10.4 Å². The molecule has 8 nitrogen and oxygen atoms in total. The van der Waals surface area contributed by atoms with E-state index in [2.05, 4.69) is 5.43 Å². The minimum atomic E-state index is -0.877. The van der Waals surface area contributed by atoms with E-state index in [0.29, 0.717) is 10.0 Å². The summed E-state index contributed by atoms with van der Waals surface area (Å²) in [5, 5.41) is 2.04. The zero-order chi connectivity index (χ0) is 32.0. The fraction of sp³-hybridized carbons (Fsp3) is 0.171. The lowest BCUT2D eigenvalue weighted by Gasteiger charge is -2.29. The van der Waals surface area contributed by atoms with Gasteiger partial charge in [-0.3, -0.25) is 0 Å². The van der Waals surface area contributed by atoms with Crippen molar-refractivity contribution in [3.63, 3.8) is 0 Å². The predicted octanol–water partition coefficient (Wildman–Crippen LogP) is 8.17. The smallest absolute Gasteiger partial charge is 0.429 e. The Balaban J connectivity index is 1.59. The van der Waals surface area contributed by atoms with Gasteiger partial charge in [-0.05, 0) is 59.4 Å². The highest BCUT2D eigenvalue weighted by Crippen LogP contribution is 2.28. The molecule has 10 heteroatoms. The molecule has 0 heterocycles. The van der Waals surface area contributed by atoms with Gasteiger partial charge in [-0.1, -0.05) is 114 Å². The summed E-state index contributed by atoms with van der Waals surface area (Å²) >= 11 is 12.4. The zero-order valence-corrected chi connectivity index (χ0v) is 26.0. The largest absolute Gasteiger partial charge is 0.463 e. The van der Waals surface area contributed by atoms with Crippen molar-refractivity contribution in [2.45, 2.75) is 32.6 Å². The number of carbonyl (C=O) groups is 3. The maximum Gasteiger partial charge on any atom is 0.429 e. The van der Waals surface area contributed by atoms with Gasteiger partial charge in [0.2, 0.25) is 0 Å². The van der Waals surface area contributed by atoms with Crippen LogP contribution in [0.3, 0.4) is 0 Å². The molecular formula is C35H32Cl2N2O6. The van der Waals surface area contributed by atoms with Gasteiger partial charge in [0.1, 0.15) is 13.2 Å². The third-order valence-electron chi connectivity index (χ3n) is 6.49. The molecule has 0 aromatic heterocycles. The maximum absolute atomic E-state index is 13.5. The lowest BCUT2D eigenvalue weighted by molar-refractivity contribution is -0.137. The first-order chi connectivity index (χ1) is 21.8. The molecule has 0 fully saturated rings. The van der Waals surface area contributed by atoms with Crippen molar-refractivity contribution in [1.29, 1.82) is 0 Å². The fourth-order valence-corrected chi connectivity index (χ4v) is 4.85. The number of hydrogen-bond donors (Lipinski definition) is 1. The van der Waals surface area contributed by atoms with Crippen molar-refractivity contribution in [3.05, 3.63) is 142 Å². The molecule has 0 unspecified atom stereocenters. The minimum Gasteiger partial charge on any atom is -0.463 e. The second kappa shape index (κ2) is 16.9. The minimum absolute atomic E-state index is 0.0160. The van der Waals surface area contributed by atoms with Crippen LogP contribution in [-0.2, 0) is 38.6 Å². The Hall–Kier alpha value is -4.79. The van der Waals surface area contributed by atoms with E-state index < -0.39 is 24.2 Å². The number of amides is 2. The first-order valence-electron chi connectivity index (χ1n) is 14.2. The monoisotopic (exact) mass is 646 g/mol. The Kier molecular flexibility index (Phi) is 12.4. The van der Waals surface area contributed by atoms with Gasteiger partial charge in [0.25, 0.3) is 0 Å². The highest BCUT2D eigenvalue weighted by Gasteiger charge is 2.27. The molecule has 4 rings (SSSR count). The molecule has 4 aromatic rings. The zero-order valence-electron chi connectivity index (χ0n) is 24.5. The molecule has 0 radical (unpaired) electrons. The Bertz CT molecular complexity index is 1580. The van der Waals surface area contributed by atoms with Crippen LogP contribution in [0.25, 0.3) is 11.1 Å². The molecule has 232 valence electrons. The van der Waals surface area contributed by atoms with Crippen LogP contribution in [0.4, 0.5) is 9.59 Å². The number of carbonyl (C=O) groups excluding carboxylic acids is 3. The molecule has 2 amide bonds. The molecule has 0 saturated carbocycles. The number of benzene rings is 4.